The van der Waals surface area contributed by atoms with Gasteiger partial charge in [0.15, 0.2) is 0 Å². The van der Waals surface area contributed by atoms with Crippen molar-refractivity contribution in [3.8, 4) is 0 Å². The number of rotatable bonds is 4. The molecule has 1 amide bonds. The predicted molar refractivity (Wildman–Crippen MR) is 81.1 cm³/mol. The molecule has 3 unspecified atom stereocenters. The number of nitrogens with two attached hydrogens (primary N) is 1. The van der Waals surface area contributed by atoms with Gasteiger partial charge in [0.05, 0.1) is 0 Å². The monoisotopic (exact) mass is 287 g/mol. The SMILES string of the molecule is NC(Cc1ccc(NC(=O)C2CC3CCC2C3)cc1)=NO. The molecule has 2 bridgehead atoms. The van der Waals surface area contributed by atoms with Gasteiger partial charge in [-0.2, -0.15) is 0 Å². The highest BCUT2D eigenvalue weighted by molar-refractivity contribution is 5.93. The first-order valence-corrected chi connectivity index (χ1v) is 7.52. The number of carbonyl (C=O) groups excluding carboxylic acids is 1. The zero-order valence-corrected chi connectivity index (χ0v) is 12.0. The highest BCUT2D eigenvalue weighted by atomic mass is 16.4. The molecule has 2 fully saturated rings. The normalized spacial score (nSPS) is 27.8. The quantitative estimate of drug-likeness (QED) is 0.344. The Bertz CT molecular complexity index is 553. The number of fused-ring (bicyclic) bond motifs is 2. The van der Waals surface area contributed by atoms with E-state index >= 15 is 0 Å². The number of hydrogen-bond acceptors (Lipinski definition) is 3. The van der Waals surface area contributed by atoms with Crippen LogP contribution in [0, 0.1) is 17.8 Å². The largest absolute Gasteiger partial charge is 0.409 e. The second kappa shape index (κ2) is 5.76. The van der Waals surface area contributed by atoms with E-state index < -0.39 is 0 Å². The highest BCUT2D eigenvalue weighted by Crippen LogP contribution is 2.48. The molecule has 5 nitrogen and oxygen atoms in total. The average Bonchev–Trinajstić information content (AvgIpc) is 3.12. The molecule has 1 aromatic rings. The number of oxime groups is 1. The van der Waals surface area contributed by atoms with E-state index in [1.54, 1.807) is 0 Å². The molecule has 1 aromatic carbocycles. The molecular formula is C16H21N3O2. The Balaban J connectivity index is 1.59. The third-order valence-electron chi connectivity index (χ3n) is 4.81. The smallest absolute Gasteiger partial charge is 0.227 e. The summed E-state index contributed by atoms with van der Waals surface area (Å²) in [6.45, 7) is 0. The molecule has 0 aliphatic heterocycles. The van der Waals surface area contributed by atoms with E-state index in [1.807, 2.05) is 24.3 Å². The molecule has 0 heterocycles. The van der Waals surface area contributed by atoms with E-state index in [0.717, 1.165) is 23.6 Å². The summed E-state index contributed by atoms with van der Waals surface area (Å²) in [6, 6.07) is 7.50. The standard InChI is InChI=1S/C16H21N3O2/c17-15(19-21)9-10-2-5-13(6-3-10)18-16(20)14-8-11-1-4-12(14)7-11/h2-3,5-6,11-12,14,21H,1,4,7-9H2,(H2,17,19)(H,18,20). The maximum absolute atomic E-state index is 12.3. The average molecular weight is 287 g/mol. The molecule has 2 aliphatic rings. The first-order chi connectivity index (χ1) is 10.2. The molecule has 112 valence electrons. The van der Waals surface area contributed by atoms with Crippen molar-refractivity contribution >= 4 is 17.4 Å². The van der Waals surface area contributed by atoms with Gasteiger partial charge < -0.3 is 16.3 Å². The van der Waals surface area contributed by atoms with Gasteiger partial charge in [-0.15, -0.1) is 0 Å². The van der Waals surface area contributed by atoms with Crippen molar-refractivity contribution in [1.29, 1.82) is 0 Å². The summed E-state index contributed by atoms with van der Waals surface area (Å²) < 4.78 is 0. The van der Waals surface area contributed by atoms with Crippen LogP contribution in [0.5, 0.6) is 0 Å². The van der Waals surface area contributed by atoms with Crippen LogP contribution in [0.1, 0.15) is 31.2 Å². The van der Waals surface area contributed by atoms with Crippen molar-refractivity contribution in [1.82, 2.24) is 0 Å². The number of hydrogen-bond donors (Lipinski definition) is 3. The van der Waals surface area contributed by atoms with Crippen molar-refractivity contribution in [2.24, 2.45) is 28.6 Å². The van der Waals surface area contributed by atoms with Crippen molar-refractivity contribution in [2.75, 3.05) is 5.32 Å². The van der Waals surface area contributed by atoms with Crippen LogP contribution in [0.25, 0.3) is 0 Å². The number of amides is 1. The van der Waals surface area contributed by atoms with Crippen LogP contribution in [0.4, 0.5) is 5.69 Å². The van der Waals surface area contributed by atoms with E-state index in [1.165, 1.54) is 19.3 Å². The molecule has 4 N–H and O–H groups in total. The van der Waals surface area contributed by atoms with Gasteiger partial charge in [-0.05, 0) is 48.8 Å². The molecule has 0 spiro atoms. The van der Waals surface area contributed by atoms with Gasteiger partial charge in [-0.1, -0.05) is 23.7 Å². The number of benzene rings is 1. The Kier molecular flexibility index (Phi) is 3.82. The maximum Gasteiger partial charge on any atom is 0.227 e. The molecule has 2 saturated carbocycles. The molecule has 0 radical (unpaired) electrons. The van der Waals surface area contributed by atoms with Gasteiger partial charge in [0, 0.05) is 18.0 Å². The molecular weight excluding hydrogens is 266 g/mol. The Morgan fingerprint density at radius 3 is 2.62 bits per heavy atom. The van der Waals surface area contributed by atoms with Crippen LogP contribution in [-0.2, 0) is 11.2 Å². The van der Waals surface area contributed by atoms with Crippen molar-refractivity contribution in [3.05, 3.63) is 29.8 Å². The first kappa shape index (κ1) is 13.9. The summed E-state index contributed by atoms with van der Waals surface area (Å²) in [5.74, 6) is 1.89. The van der Waals surface area contributed by atoms with Crippen molar-refractivity contribution < 1.29 is 10.0 Å². The van der Waals surface area contributed by atoms with E-state index in [2.05, 4.69) is 10.5 Å². The topological polar surface area (TPSA) is 87.7 Å². The fourth-order valence-electron chi connectivity index (χ4n) is 3.75. The Morgan fingerprint density at radius 2 is 2.05 bits per heavy atom. The molecule has 0 aromatic heterocycles. The number of carbonyl (C=O) groups is 1. The van der Waals surface area contributed by atoms with Crippen LogP contribution < -0.4 is 11.1 Å². The van der Waals surface area contributed by atoms with Crippen LogP contribution in [0.15, 0.2) is 29.4 Å². The van der Waals surface area contributed by atoms with E-state index in [9.17, 15) is 4.79 Å². The summed E-state index contributed by atoms with van der Waals surface area (Å²) in [4.78, 5) is 12.3. The second-order valence-electron chi connectivity index (χ2n) is 6.24. The first-order valence-electron chi connectivity index (χ1n) is 7.52. The van der Waals surface area contributed by atoms with E-state index in [-0.39, 0.29) is 17.7 Å². The van der Waals surface area contributed by atoms with Gasteiger partial charge in [-0.3, -0.25) is 4.79 Å². The minimum absolute atomic E-state index is 0.159. The van der Waals surface area contributed by atoms with Crippen LogP contribution >= 0.6 is 0 Å². The molecule has 3 rings (SSSR count). The Morgan fingerprint density at radius 1 is 1.29 bits per heavy atom. The lowest BCUT2D eigenvalue weighted by Crippen LogP contribution is -2.27. The van der Waals surface area contributed by atoms with Gasteiger partial charge in [0.2, 0.25) is 5.91 Å². The summed E-state index contributed by atoms with van der Waals surface area (Å²) >= 11 is 0. The lowest BCUT2D eigenvalue weighted by molar-refractivity contribution is -0.121. The number of anilines is 1. The van der Waals surface area contributed by atoms with Gasteiger partial charge in [-0.25, -0.2) is 0 Å². The van der Waals surface area contributed by atoms with Crippen molar-refractivity contribution in [3.63, 3.8) is 0 Å². The van der Waals surface area contributed by atoms with E-state index in [4.69, 9.17) is 10.9 Å². The summed E-state index contributed by atoms with van der Waals surface area (Å²) in [5, 5.41) is 14.5. The minimum atomic E-state index is 0.159. The molecule has 21 heavy (non-hydrogen) atoms. The highest BCUT2D eigenvalue weighted by Gasteiger charge is 2.42. The Labute approximate surface area is 124 Å². The fourth-order valence-corrected chi connectivity index (χ4v) is 3.75. The predicted octanol–water partition coefficient (Wildman–Crippen LogP) is 2.35. The van der Waals surface area contributed by atoms with Gasteiger partial charge in [0.25, 0.3) is 0 Å². The number of amidine groups is 1. The maximum atomic E-state index is 12.3. The van der Waals surface area contributed by atoms with E-state index in [0.29, 0.717) is 12.3 Å². The summed E-state index contributed by atoms with van der Waals surface area (Å²) in [5.41, 5.74) is 7.23. The lowest BCUT2D eigenvalue weighted by atomic mass is 9.88. The summed E-state index contributed by atoms with van der Waals surface area (Å²) in [6.07, 6.45) is 5.20. The summed E-state index contributed by atoms with van der Waals surface area (Å²) in [7, 11) is 0. The number of nitrogens with one attached hydrogen (secondary N) is 1. The van der Waals surface area contributed by atoms with Gasteiger partial charge in [0.1, 0.15) is 5.84 Å². The minimum Gasteiger partial charge on any atom is -0.409 e. The van der Waals surface area contributed by atoms with Gasteiger partial charge >= 0.3 is 0 Å². The zero-order valence-electron chi connectivity index (χ0n) is 12.0. The molecule has 5 heteroatoms. The fraction of sp³-hybridized carbons (Fsp3) is 0.500. The van der Waals surface area contributed by atoms with Crippen molar-refractivity contribution in [2.45, 2.75) is 32.1 Å². The lowest BCUT2D eigenvalue weighted by Gasteiger charge is -2.20. The third kappa shape index (κ3) is 3.01. The second-order valence-corrected chi connectivity index (χ2v) is 6.24. The number of nitrogens with zero attached hydrogens (tertiary/aromatic N) is 1. The van der Waals surface area contributed by atoms with Crippen LogP contribution in [0.3, 0.4) is 0 Å². The van der Waals surface area contributed by atoms with Crippen LogP contribution in [0.2, 0.25) is 0 Å². The molecule has 3 atom stereocenters. The zero-order chi connectivity index (χ0) is 14.8. The molecule has 2 aliphatic carbocycles. The molecule has 0 saturated heterocycles. The van der Waals surface area contributed by atoms with Crippen LogP contribution in [-0.4, -0.2) is 17.0 Å². The third-order valence-corrected chi connectivity index (χ3v) is 4.81. The Hall–Kier alpha value is -2.04.